The second kappa shape index (κ2) is 12.3. The van der Waals surface area contributed by atoms with Crippen LogP contribution in [0.3, 0.4) is 0 Å². The molecule has 2 aromatic heterocycles. The molecule has 36 heavy (non-hydrogen) atoms. The minimum atomic E-state index is -4.14. The monoisotopic (exact) mass is 524 g/mol. The number of pyridine rings is 1. The third kappa shape index (κ3) is 7.50. The summed E-state index contributed by atoms with van der Waals surface area (Å²) >= 11 is 1.14. The summed E-state index contributed by atoms with van der Waals surface area (Å²) in [6.45, 7) is 5.19. The van der Waals surface area contributed by atoms with Gasteiger partial charge in [-0.1, -0.05) is 18.0 Å². The van der Waals surface area contributed by atoms with Crippen molar-refractivity contribution in [1.82, 2.24) is 24.1 Å². The van der Waals surface area contributed by atoms with E-state index in [9.17, 15) is 22.4 Å². The zero-order valence-electron chi connectivity index (χ0n) is 20.2. The van der Waals surface area contributed by atoms with Crippen molar-refractivity contribution in [3.63, 3.8) is 0 Å². The Bertz CT molecular complexity index is 1170. The van der Waals surface area contributed by atoms with Gasteiger partial charge in [-0.15, -0.1) is 10.2 Å². The lowest BCUT2D eigenvalue weighted by molar-refractivity contribution is -0.129. The van der Waals surface area contributed by atoms with E-state index in [1.54, 1.807) is 6.33 Å². The summed E-state index contributed by atoms with van der Waals surface area (Å²) in [5.41, 5.74) is 2.45. The van der Waals surface area contributed by atoms with Gasteiger partial charge in [-0.25, -0.2) is 13.7 Å². The minimum Gasteiger partial charge on any atom is -0.373 e. The Morgan fingerprint density at radius 3 is 2.67 bits per heavy atom. The van der Waals surface area contributed by atoms with Crippen molar-refractivity contribution in [3.8, 4) is 11.5 Å². The first-order valence-corrected chi connectivity index (χ1v) is 12.3. The second-order valence-electron chi connectivity index (χ2n) is 8.39. The number of fused-ring (bicyclic) bond motifs is 1. The van der Waals surface area contributed by atoms with E-state index in [0.29, 0.717) is 31.8 Å². The molecule has 4 rings (SSSR count). The van der Waals surface area contributed by atoms with Gasteiger partial charge in [-0.2, -0.15) is 13.2 Å². The van der Waals surface area contributed by atoms with Crippen molar-refractivity contribution in [2.75, 3.05) is 24.7 Å². The maximum atomic E-state index is 13.4. The number of carbonyl (C=O) groups is 1. The molecule has 0 saturated carbocycles. The Balaban J connectivity index is 0.000000205. The first-order valence-electron chi connectivity index (χ1n) is 11.4. The standard InChI is InChI=1S/C13H13F4NOS.C11H15N5/c14-12-6-9-1-3-18(20-4-2-13(15,16)17)7-10(9)5-11(12)8-19;1-8(2)16-7-13-15-11(16)9-5-4-6-10(12-3)14-9/h5-6,8H,1-4,7H2;4-8H,1-3H3,(H,12,14). The highest BCUT2D eigenvalue weighted by Gasteiger charge is 2.27. The Labute approximate surface area is 211 Å². The highest BCUT2D eigenvalue weighted by molar-refractivity contribution is 7.96. The molecule has 3 aromatic rings. The molecule has 0 radical (unpaired) electrons. The van der Waals surface area contributed by atoms with Gasteiger partial charge in [0.25, 0.3) is 0 Å². The predicted octanol–water partition coefficient (Wildman–Crippen LogP) is 5.56. The number of hydrogen-bond acceptors (Lipinski definition) is 7. The molecule has 0 aliphatic carbocycles. The van der Waals surface area contributed by atoms with Gasteiger partial charge in [-0.05, 0) is 55.7 Å². The molecule has 7 nitrogen and oxygen atoms in total. The normalized spacial score (nSPS) is 13.7. The molecule has 1 aliphatic heterocycles. The van der Waals surface area contributed by atoms with Crippen LogP contribution in [0.25, 0.3) is 11.5 Å². The van der Waals surface area contributed by atoms with Crippen LogP contribution in [-0.4, -0.2) is 55.9 Å². The van der Waals surface area contributed by atoms with Gasteiger partial charge in [0, 0.05) is 31.9 Å². The second-order valence-corrected chi connectivity index (χ2v) is 9.57. The van der Waals surface area contributed by atoms with Crippen molar-refractivity contribution in [2.24, 2.45) is 0 Å². The quantitative estimate of drug-likeness (QED) is 0.246. The van der Waals surface area contributed by atoms with Gasteiger partial charge in [0.1, 0.15) is 23.7 Å². The zero-order valence-corrected chi connectivity index (χ0v) is 21.0. The van der Waals surface area contributed by atoms with Crippen LogP contribution in [-0.2, 0) is 13.0 Å². The summed E-state index contributed by atoms with van der Waals surface area (Å²) in [7, 11) is 1.85. The van der Waals surface area contributed by atoms with Gasteiger partial charge in [-0.3, -0.25) is 4.79 Å². The molecule has 1 N–H and O–H groups in total. The Morgan fingerprint density at radius 1 is 1.22 bits per heavy atom. The van der Waals surface area contributed by atoms with E-state index >= 15 is 0 Å². The molecule has 1 aromatic carbocycles. The van der Waals surface area contributed by atoms with Crippen molar-refractivity contribution >= 4 is 24.1 Å². The number of anilines is 1. The predicted molar refractivity (Wildman–Crippen MR) is 132 cm³/mol. The van der Waals surface area contributed by atoms with Gasteiger partial charge in [0.05, 0.1) is 12.0 Å². The number of benzene rings is 1. The molecule has 0 amide bonds. The van der Waals surface area contributed by atoms with Crippen LogP contribution >= 0.6 is 11.9 Å². The number of hydrogen-bond donors (Lipinski definition) is 1. The van der Waals surface area contributed by atoms with Crippen LogP contribution in [0.5, 0.6) is 0 Å². The lowest BCUT2D eigenvalue weighted by atomic mass is 9.98. The van der Waals surface area contributed by atoms with Crippen LogP contribution in [0.15, 0.2) is 36.7 Å². The van der Waals surface area contributed by atoms with Crippen LogP contribution < -0.4 is 5.32 Å². The first kappa shape index (κ1) is 27.6. The number of nitrogens with one attached hydrogen (secondary N) is 1. The average molecular weight is 525 g/mol. The maximum absolute atomic E-state index is 13.4. The molecule has 0 bridgehead atoms. The highest BCUT2D eigenvalue weighted by atomic mass is 32.2. The number of alkyl halides is 3. The zero-order chi connectivity index (χ0) is 26.3. The average Bonchev–Trinajstić information content (AvgIpc) is 3.34. The lowest BCUT2D eigenvalue weighted by Gasteiger charge is -2.28. The van der Waals surface area contributed by atoms with Crippen molar-refractivity contribution in [1.29, 1.82) is 0 Å². The Hall–Kier alpha value is -2.99. The number of aromatic nitrogens is 4. The fraction of sp³-hybridized carbons (Fsp3) is 0.417. The summed E-state index contributed by atoms with van der Waals surface area (Å²) in [4.78, 5) is 15.1. The lowest BCUT2D eigenvalue weighted by Crippen LogP contribution is -2.26. The maximum Gasteiger partial charge on any atom is 0.389 e. The third-order valence-corrected chi connectivity index (χ3v) is 6.51. The molecule has 3 heterocycles. The number of halogens is 4. The van der Waals surface area contributed by atoms with E-state index in [-0.39, 0.29) is 11.3 Å². The SMILES string of the molecule is CNc1cccc(-c2nncn2C(C)C)n1.O=Cc1cc2c(cc1F)CCN(SCCC(F)(F)F)C2. The molecule has 0 spiro atoms. The summed E-state index contributed by atoms with van der Waals surface area (Å²) in [6.07, 6.45) is -2.22. The summed E-state index contributed by atoms with van der Waals surface area (Å²) in [5, 5.41) is 11.0. The summed E-state index contributed by atoms with van der Waals surface area (Å²) < 4.78 is 53.5. The highest BCUT2D eigenvalue weighted by Crippen LogP contribution is 2.29. The van der Waals surface area contributed by atoms with E-state index < -0.39 is 18.4 Å². The van der Waals surface area contributed by atoms with Crippen LogP contribution in [0.4, 0.5) is 23.4 Å². The van der Waals surface area contributed by atoms with Crippen molar-refractivity contribution in [3.05, 3.63) is 59.2 Å². The largest absolute Gasteiger partial charge is 0.389 e. The van der Waals surface area contributed by atoms with Crippen molar-refractivity contribution in [2.45, 2.75) is 45.5 Å². The number of nitrogens with zero attached hydrogens (tertiary/aromatic N) is 5. The van der Waals surface area contributed by atoms with Gasteiger partial charge >= 0.3 is 6.18 Å². The molecule has 0 atom stereocenters. The molecule has 194 valence electrons. The molecule has 12 heteroatoms. The Kier molecular flexibility index (Phi) is 9.43. The van der Waals surface area contributed by atoms with E-state index in [4.69, 9.17) is 0 Å². The topological polar surface area (TPSA) is 75.9 Å². The molecule has 0 saturated heterocycles. The van der Waals surface area contributed by atoms with Gasteiger partial charge < -0.3 is 9.88 Å². The van der Waals surface area contributed by atoms with E-state index in [1.165, 1.54) is 12.1 Å². The summed E-state index contributed by atoms with van der Waals surface area (Å²) in [5.74, 6) is 1.06. The molecule has 1 aliphatic rings. The fourth-order valence-electron chi connectivity index (χ4n) is 3.57. The van der Waals surface area contributed by atoms with Gasteiger partial charge in [0.2, 0.25) is 0 Å². The number of aldehydes is 1. The minimum absolute atomic E-state index is 0.00843. The van der Waals surface area contributed by atoms with Crippen molar-refractivity contribution < 1.29 is 22.4 Å². The molecular formula is C24H28F4N6OS. The van der Waals surface area contributed by atoms with E-state index in [1.807, 2.05) is 34.1 Å². The number of carbonyl (C=O) groups excluding carboxylic acids is 1. The first-order chi connectivity index (χ1) is 17.1. The van der Waals surface area contributed by atoms with Crippen LogP contribution in [0.2, 0.25) is 0 Å². The van der Waals surface area contributed by atoms with Crippen LogP contribution in [0, 0.1) is 5.82 Å². The fourth-order valence-corrected chi connectivity index (χ4v) is 4.60. The molecular weight excluding hydrogens is 496 g/mol. The molecule has 0 unspecified atom stereocenters. The van der Waals surface area contributed by atoms with E-state index in [0.717, 1.165) is 40.4 Å². The van der Waals surface area contributed by atoms with Gasteiger partial charge in [0.15, 0.2) is 12.1 Å². The number of rotatable bonds is 7. The third-order valence-electron chi connectivity index (χ3n) is 5.45. The molecule has 0 fully saturated rings. The smallest absolute Gasteiger partial charge is 0.373 e. The van der Waals surface area contributed by atoms with E-state index in [2.05, 4.69) is 34.3 Å². The Morgan fingerprint density at radius 2 is 2.00 bits per heavy atom. The summed E-state index contributed by atoms with van der Waals surface area (Å²) in [6, 6.07) is 8.95. The van der Waals surface area contributed by atoms with Crippen LogP contribution in [0.1, 0.15) is 47.8 Å².